The van der Waals surface area contributed by atoms with Crippen molar-refractivity contribution in [1.29, 1.82) is 0 Å². The molecule has 0 aliphatic rings. The van der Waals surface area contributed by atoms with E-state index in [0.29, 0.717) is 6.61 Å². The number of nitrogens with two attached hydrogens (primary N) is 1. The zero-order chi connectivity index (χ0) is 14.0. The highest BCUT2D eigenvalue weighted by atomic mass is 79.9. The fourth-order valence-corrected chi connectivity index (χ4v) is 4.40. The Labute approximate surface area is 141 Å². The molecule has 0 saturated carbocycles. The molecule has 0 spiro atoms. The Bertz CT molecular complexity index is 566. The van der Waals surface area contributed by atoms with Gasteiger partial charge in [-0.25, -0.2) is 0 Å². The molecule has 1 atom stereocenters. The van der Waals surface area contributed by atoms with Gasteiger partial charge in [0.2, 0.25) is 0 Å². The molecule has 1 aromatic carbocycles. The van der Waals surface area contributed by atoms with E-state index in [9.17, 15) is 0 Å². The molecule has 2 rings (SSSR count). The van der Waals surface area contributed by atoms with E-state index < -0.39 is 0 Å². The molecule has 1 unspecified atom stereocenters. The number of benzene rings is 1. The molecule has 0 aliphatic heterocycles. The Morgan fingerprint density at radius 3 is 2.47 bits per heavy atom. The van der Waals surface area contributed by atoms with Crippen molar-refractivity contribution in [3.63, 3.8) is 0 Å². The van der Waals surface area contributed by atoms with Crippen LogP contribution in [0.2, 0.25) is 0 Å². The lowest BCUT2D eigenvalue weighted by molar-refractivity contribution is 0.340. The number of ether oxygens (including phenoxy) is 1. The Kier molecular flexibility index (Phi) is 5.48. The van der Waals surface area contributed by atoms with Crippen molar-refractivity contribution in [1.82, 2.24) is 0 Å². The SMILES string of the molecule is CCOc1ccc(C(N)c2cc(Br)c(Br)s2)c(Br)c1. The molecule has 1 heterocycles. The van der Waals surface area contributed by atoms with Crippen molar-refractivity contribution >= 4 is 59.1 Å². The van der Waals surface area contributed by atoms with Gasteiger partial charge in [0, 0.05) is 13.8 Å². The molecule has 0 aliphatic carbocycles. The Balaban J connectivity index is 2.30. The van der Waals surface area contributed by atoms with Gasteiger partial charge in [0.05, 0.1) is 16.4 Å². The fraction of sp³-hybridized carbons (Fsp3) is 0.231. The minimum atomic E-state index is -0.155. The summed E-state index contributed by atoms with van der Waals surface area (Å²) in [4.78, 5) is 1.10. The van der Waals surface area contributed by atoms with Gasteiger partial charge < -0.3 is 10.5 Å². The lowest BCUT2D eigenvalue weighted by atomic mass is 10.1. The van der Waals surface area contributed by atoms with Gasteiger partial charge in [0.25, 0.3) is 0 Å². The van der Waals surface area contributed by atoms with Crippen molar-refractivity contribution in [2.24, 2.45) is 5.73 Å². The zero-order valence-electron chi connectivity index (χ0n) is 10.1. The largest absolute Gasteiger partial charge is 0.494 e. The summed E-state index contributed by atoms with van der Waals surface area (Å²) >= 11 is 12.2. The molecule has 0 saturated heterocycles. The highest BCUT2D eigenvalue weighted by Gasteiger charge is 2.16. The van der Waals surface area contributed by atoms with Crippen molar-refractivity contribution in [3.05, 3.63) is 47.4 Å². The lowest BCUT2D eigenvalue weighted by Crippen LogP contribution is -2.11. The van der Waals surface area contributed by atoms with Crippen LogP contribution in [0.5, 0.6) is 5.75 Å². The van der Waals surface area contributed by atoms with E-state index in [1.807, 2.05) is 31.2 Å². The average molecular weight is 470 g/mol. The maximum atomic E-state index is 6.32. The van der Waals surface area contributed by atoms with Crippen LogP contribution in [-0.2, 0) is 0 Å². The summed E-state index contributed by atoms with van der Waals surface area (Å²) in [5.41, 5.74) is 7.37. The van der Waals surface area contributed by atoms with Crippen LogP contribution in [0, 0.1) is 0 Å². The normalized spacial score (nSPS) is 12.5. The molecular formula is C13H12Br3NOS. The quantitative estimate of drug-likeness (QED) is 0.643. The molecule has 102 valence electrons. The van der Waals surface area contributed by atoms with Crippen LogP contribution >= 0.6 is 59.1 Å². The van der Waals surface area contributed by atoms with E-state index in [1.165, 1.54) is 0 Å². The third kappa shape index (κ3) is 3.61. The molecule has 2 nitrogen and oxygen atoms in total. The molecule has 0 bridgehead atoms. The second-order valence-corrected chi connectivity index (χ2v) is 7.97. The van der Waals surface area contributed by atoms with Gasteiger partial charge in [-0.1, -0.05) is 22.0 Å². The van der Waals surface area contributed by atoms with Crippen LogP contribution in [0.15, 0.2) is 37.0 Å². The van der Waals surface area contributed by atoms with Gasteiger partial charge in [-0.3, -0.25) is 0 Å². The Morgan fingerprint density at radius 1 is 1.21 bits per heavy atom. The molecule has 19 heavy (non-hydrogen) atoms. The van der Waals surface area contributed by atoms with Gasteiger partial charge in [0.15, 0.2) is 0 Å². The fourth-order valence-electron chi connectivity index (χ4n) is 1.69. The first-order valence-electron chi connectivity index (χ1n) is 5.65. The predicted molar refractivity (Wildman–Crippen MR) is 91.1 cm³/mol. The second-order valence-electron chi connectivity index (χ2n) is 3.86. The van der Waals surface area contributed by atoms with Gasteiger partial charge in [0.1, 0.15) is 5.75 Å². The molecular weight excluding hydrogens is 458 g/mol. The maximum Gasteiger partial charge on any atom is 0.120 e. The van der Waals surface area contributed by atoms with Crippen LogP contribution < -0.4 is 10.5 Å². The summed E-state index contributed by atoms with van der Waals surface area (Å²) in [5.74, 6) is 0.846. The first-order chi connectivity index (χ1) is 9.02. The van der Waals surface area contributed by atoms with E-state index in [2.05, 4.69) is 47.8 Å². The molecule has 6 heteroatoms. The lowest BCUT2D eigenvalue weighted by Gasteiger charge is -2.13. The van der Waals surface area contributed by atoms with Gasteiger partial charge in [-0.15, -0.1) is 11.3 Å². The van der Waals surface area contributed by atoms with Gasteiger partial charge in [-0.2, -0.15) is 0 Å². The van der Waals surface area contributed by atoms with Crippen LogP contribution in [0.25, 0.3) is 0 Å². The first kappa shape index (κ1) is 15.5. The third-order valence-corrected chi connectivity index (χ3v) is 6.61. The average Bonchev–Trinajstić information content (AvgIpc) is 2.69. The van der Waals surface area contributed by atoms with Crippen LogP contribution in [0.4, 0.5) is 0 Å². The topological polar surface area (TPSA) is 35.2 Å². The number of hydrogen-bond donors (Lipinski definition) is 1. The van der Waals surface area contributed by atoms with E-state index in [-0.39, 0.29) is 6.04 Å². The minimum absolute atomic E-state index is 0.155. The van der Waals surface area contributed by atoms with Crippen molar-refractivity contribution in [3.8, 4) is 5.75 Å². The summed E-state index contributed by atoms with van der Waals surface area (Å²) in [6.45, 7) is 2.62. The second kappa shape index (κ2) is 6.72. The summed E-state index contributed by atoms with van der Waals surface area (Å²) in [5, 5.41) is 0. The monoisotopic (exact) mass is 467 g/mol. The van der Waals surface area contributed by atoms with Crippen LogP contribution in [0.1, 0.15) is 23.4 Å². The molecule has 0 fully saturated rings. The summed E-state index contributed by atoms with van der Waals surface area (Å²) in [6.07, 6.45) is 0. The highest BCUT2D eigenvalue weighted by molar-refractivity contribution is 9.13. The number of thiophene rings is 1. The number of halogens is 3. The summed E-state index contributed by atoms with van der Waals surface area (Å²) < 4.78 is 8.52. The zero-order valence-corrected chi connectivity index (χ0v) is 15.7. The Morgan fingerprint density at radius 2 is 1.95 bits per heavy atom. The van der Waals surface area contributed by atoms with Crippen molar-refractivity contribution in [2.75, 3.05) is 6.61 Å². The van der Waals surface area contributed by atoms with Crippen LogP contribution in [0.3, 0.4) is 0 Å². The minimum Gasteiger partial charge on any atom is -0.494 e. The van der Waals surface area contributed by atoms with Crippen LogP contribution in [-0.4, -0.2) is 6.61 Å². The number of hydrogen-bond acceptors (Lipinski definition) is 3. The molecule has 1 aromatic heterocycles. The molecule has 2 N–H and O–H groups in total. The van der Waals surface area contributed by atoms with E-state index >= 15 is 0 Å². The first-order valence-corrected chi connectivity index (χ1v) is 8.85. The number of rotatable bonds is 4. The van der Waals surface area contributed by atoms with Crippen molar-refractivity contribution < 1.29 is 4.74 Å². The molecule has 2 aromatic rings. The van der Waals surface area contributed by atoms with E-state index in [0.717, 1.165) is 28.9 Å². The molecule has 0 radical (unpaired) electrons. The summed E-state index contributed by atoms with van der Waals surface area (Å²) in [7, 11) is 0. The summed E-state index contributed by atoms with van der Waals surface area (Å²) in [6, 6.07) is 7.79. The standard InChI is InChI=1S/C13H12Br3NOS/c1-2-18-7-3-4-8(9(14)5-7)12(17)11-6-10(15)13(16)19-11/h3-6,12H,2,17H2,1H3. The van der Waals surface area contributed by atoms with Gasteiger partial charge in [-0.05, 0) is 62.5 Å². The van der Waals surface area contributed by atoms with Gasteiger partial charge >= 0.3 is 0 Å². The highest BCUT2D eigenvalue weighted by Crippen LogP contribution is 2.38. The smallest absolute Gasteiger partial charge is 0.120 e. The van der Waals surface area contributed by atoms with Crippen molar-refractivity contribution in [2.45, 2.75) is 13.0 Å². The van der Waals surface area contributed by atoms with E-state index in [4.69, 9.17) is 10.5 Å². The predicted octanol–water partition coefficient (Wildman–Crippen LogP) is 5.48. The maximum absolute atomic E-state index is 6.32. The molecule has 0 amide bonds. The third-order valence-electron chi connectivity index (χ3n) is 2.59. The van der Waals surface area contributed by atoms with E-state index in [1.54, 1.807) is 11.3 Å². The Hall–Kier alpha value is 0.120.